The Balaban J connectivity index is 1.39. The molecule has 3 aliphatic heterocycles. The van der Waals surface area contributed by atoms with Gasteiger partial charge < -0.3 is 19.3 Å². The van der Waals surface area contributed by atoms with E-state index in [2.05, 4.69) is 171 Å². The van der Waals surface area contributed by atoms with Crippen molar-refractivity contribution in [1.29, 1.82) is 0 Å². The molecule has 6 heteroatoms. The predicted molar refractivity (Wildman–Crippen MR) is 237 cm³/mol. The first kappa shape index (κ1) is 36.0. The molecular weight excluding hydrogens is 691 g/mol. The number of fused-ring (bicyclic) bond motifs is 7. The SMILES string of the molecule is Cc1cc2c(c(C)c1N1c3cccc4c3B(c3cc(C(C)(C)C)ccc3N4c3ccc(C(C)(C)C)cc3)c3sc4ccc(C(C)(C)C)cc4c31)OCCCO2. The van der Waals surface area contributed by atoms with E-state index >= 15 is 0 Å². The Morgan fingerprint density at radius 1 is 0.618 bits per heavy atom. The van der Waals surface area contributed by atoms with Gasteiger partial charge in [-0.15, -0.1) is 11.3 Å². The molecule has 0 saturated carbocycles. The molecule has 9 rings (SSSR count). The molecule has 0 fully saturated rings. The molecule has 0 amide bonds. The molecule has 0 N–H and O–H groups in total. The Kier molecular flexibility index (Phi) is 8.12. The summed E-state index contributed by atoms with van der Waals surface area (Å²) in [6, 6.07) is 32.9. The van der Waals surface area contributed by atoms with Gasteiger partial charge >= 0.3 is 0 Å². The Morgan fingerprint density at radius 3 is 1.93 bits per heavy atom. The number of thiophene rings is 1. The maximum absolute atomic E-state index is 6.49. The fraction of sp³-hybridized carbons (Fsp3) is 0.347. The summed E-state index contributed by atoms with van der Waals surface area (Å²) in [5.41, 5.74) is 16.5. The fourth-order valence-electron chi connectivity index (χ4n) is 8.94. The van der Waals surface area contributed by atoms with Crippen LogP contribution in [0.15, 0.2) is 84.9 Å². The van der Waals surface area contributed by atoms with E-state index in [1.807, 2.05) is 11.3 Å². The standard InChI is InChI=1S/C49H53BN2O2S/c1-29-26-40-45(54-25-13-24-53-40)30(2)43(29)52-39-15-12-14-38-42(39)50(46-44(52)35-27-32(48(6,7)8)19-23-41(35)55-46)36-28-33(49(9,10)11)18-22-37(36)51(38)34-20-16-31(17-21-34)47(3,4)5/h12,14-23,26-28H,13,24-25H2,1-11H3. The van der Waals surface area contributed by atoms with E-state index in [4.69, 9.17) is 9.47 Å². The van der Waals surface area contributed by atoms with Gasteiger partial charge in [0.25, 0.3) is 6.71 Å². The van der Waals surface area contributed by atoms with Crippen molar-refractivity contribution in [3.05, 3.63) is 113 Å². The average molecular weight is 745 g/mol. The lowest BCUT2D eigenvalue weighted by molar-refractivity contribution is 0.296. The summed E-state index contributed by atoms with van der Waals surface area (Å²) >= 11 is 1.96. The van der Waals surface area contributed by atoms with Crippen LogP contribution in [0.1, 0.15) is 96.6 Å². The van der Waals surface area contributed by atoms with Crippen LogP contribution in [0.25, 0.3) is 10.1 Å². The van der Waals surface area contributed by atoms with Gasteiger partial charge in [0, 0.05) is 49.6 Å². The molecule has 1 aromatic heterocycles. The third-order valence-electron chi connectivity index (χ3n) is 12.0. The van der Waals surface area contributed by atoms with Gasteiger partial charge in [-0.2, -0.15) is 0 Å². The summed E-state index contributed by atoms with van der Waals surface area (Å²) in [5.74, 6) is 1.71. The maximum Gasteiger partial charge on any atom is 0.264 e. The predicted octanol–water partition coefficient (Wildman–Crippen LogP) is 11.7. The van der Waals surface area contributed by atoms with Gasteiger partial charge in [0.05, 0.1) is 24.6 Å². The molecule has 4 nitrogen and oxygen atoms in total. The highest BCUT2D eigenvalue weighted by atomic mass is 32.1. The van der Waals surface area contributed by atoms with Crippen LogP contribution in [0.4, 0.5) is 34.1 Å². The van der Waals surface area contributed by atoms with Crippen LogP contribution in [0.2, 0.25) is 0 Å². The summed E-state index contributed by atoms with van der Waals surface area (Å²) in [5, 5.41) is 1.31. The molecule has 0 unspecified atom stereocenters. The quantitative estimate of drug-likeness (QED) is 0.165. The van der Waals surface area contributed by atoms with Crippen molar-refractivity contribution in [2.75, 3.05) is 23.0 Å². The van der Waals surface area contributed by atoms with Gasteiger partial charge in [0.1, 0.15) is 0 Å². The van der Waals surface area contributed by atoms with Gasteiger partial charge in [-0.05, 0) is 112 Å². The number of anilines is 6. The maximum atomic E-state index is 6.49. The van der Waals surface area contributed by atoms with E-state index in [0.717, 1.165) is 23.5 Å². The zero-order valence-electron chi connectivity index (χ0n) is 34.4. The Labute approximate surface area is 332 Å². The molecule has 0 atom stereocenters. The molecule has 5 aromatic carbocycles. The zero-order chi connectivity index (χ0) is 38.8. The van der Waals surface area contributed by atoms with Crippen LogP contribution in [0.5, 0.6) is 11.5 Å². The normalized spacial score (nSPS) is 15.1. The summed E-state index contributed by atoms with van der Waals surface area (Å²) in [7, 11) is 0. The van der Waals surface area contributed by atoms with Gasteiger partial charge in [0.15, 0.2) is 11.5 Å². The van der Waals surface area contributed by atoms with Crippen molar-refractivity contribution in [2.24, 2.45) is 0 Å². The Hall–Kier alpha value is -4.68. The summed E-state index contributed by atoms with van der Waals surface area (Å²) < 4.78 is 15.5. The van der Waals surface area contributed by atoms with Gasteiger partial charge in [-0.25, -0.2) is 0 Å². The first-order valence-electron chi connectivity index (χ1n) is 20.0. The monoisotopic (exact) mass is 744 g/mol. The number of aryl methyl sites for hydroxylation is 1. The van der Waals surface area contributed by atoms with Crippen molar-refractivity contribution in [3.63, 3.8) is 0 Å². The van der Waals surface area contributed by atoms with Crippen molar-refractivity contribution in [1.82, 2.24) is 0 Å². The first-order chi connectivity index (χ1) is 26.0. The molecule has 55 heavy (non-hydrogen) atoms. The van der Waals surface area contributed by atoms with Crippen molar-refractivity contribution in [2.45, 2.75) is 98.8 Å². The number of hydrogen-bond acceptors (Lipinski definition) is 5. The van der Waals surface area contributed by atoms with E-state index in [1.54, 1.807) is 0 Å². The molecule has 0 radical (unpaired) electrons. The van der Waals surface area contributed by atoms with Crippen molar-refractivity contribution in [3.8, 4) is 11.5 Å². The average Bonchev–Trinajstić information content (AvgIpc) is 3.34. The molecule has 4 heterocycles. The van der Waals surface area contributed by atoms with Crippen LogP contribution >= 0.6 is 11.3 Å². The Bertz CT molecular complexity index is 2510. The highest BCUT2D eigenvalue weighted by molar-refractivity contribution is 7.33. The highest BCUT2D eigenvalue weighted by Gasteiger charge is 2.46. The summed E-state index contributed by atoms with van der Waals surface area (Å²) in [6.07, 6.45) is 0.873. The second-order valence-electron chi connectivity index (χ2n) is 19.0. The van der Waals surface area contributed by atoms with E-state index < -0.39 is 0 Å². The lowest BCUT2D eigenvalue weighted by atomic mass is 9.36. The van der Waals surface area contributed by atoms with E-state index in [1.165, 1.54) is 82.2 Å². The third kappa shape index (κ3) is 5.69. The van der Waals surface area contributed by atoms with E-state index in [9.17, 15) is 0 Å². The Morgan fingerprint density at radius 2 is 1.24 bits per heavy atom. The van der Waals surface area contributed by atoms with Crippen molar-refractivity contribution < 1.29 is 9.47 Å². The molecule has 0 spiro atoms. The topological polar surface area (TPSA) is 24.9 Å². The molecule has 0 saturated heterocycles. The smallest absolute Gasteiger partial charge is 0.264 e. The highest BCUT2D eigenvalue weighted by Crippen LogP contribution is 2.52. The third-order valence-corrected chi connectivity index (χ3v) is 13.2. The second kappa shape index (κ2) is 12.4. The van der Waals surface area contributed by atoms with E-state index in [-0.39, 0.29) is 23.0 Å². The van der Waals surface area contributed by atoms with Gasteiger partial charge in [-0.3, -0.25) is 0 Å². The van der Waals surface area contributed by atoms with Crippen LogP contribution in [0, 0.1) is 13.8 Å². The number of hydrogen-bond donors (Lipinski definition) is 0. The largest absolute Gasteiger partial charge is 0.490 e. The van der Waals surface area contributed by atoms with Gasteiger partial charge in [-0.1, -0.05) is 98.7 Å². The summed E-state index contributed by atoms with van der Waals surface area (Å²) in [6.45, 7) is 26.6. The molecule has 280 valence electrons. The molecular formula is C49H53BN2O2S. The molecule has 0 bridgehead atoms. The molecule has 3 aliphatic rings. The van der Waals surface area contributed by atoms with Crippen LogP contribution in [-0.4, -0.2) is 19.9 Å². The fourth-order valence-corrected chi connectivity index (χ4v) is 10.2. The van der Waals surface area contributed by atoms with Crippen LogP contribution in [-0.2, 0) is 16.2 Å². The minimum absolute atomic E-state index is 0.00252. The zero-order valence-corrected chi connectivity index (χ0v) is 35.2. The number of nitrogens with zero attached hydrogens (tertiary/aromatic N) is 2. The first-order valence-corrected chi connectivity index (χ1v) is 20.8. The molecule has 6 aromatic rings. The number of benzene rings is 5. The minimum Gasteiger partial charge on any atom is -0.490 e. The lowest BCUT2D eigenvalue weighted by Crippen LogP contribution is -2.60. The van der Waals surface area contributed by atoms with Crippen LogP contribution in [0.3, 0.4) is 0 Å². The van der Waals surface area contributed by atoms with Gasteiger partial charge in [0.2, 0.25) is 0 Å². The number of ether oxygens (including phenoxy) is 2. The molecule has 0 aliphatic carbocycles. The van der Waals surface area contributed by atoms with Crippen LogP contribution < -0.4 is 35.0 Å². The van der Waals surface area contributed by atoms with E-state index in [0.29, 0.717) is 13.2 Å². The minimum atomic E-state index is -0.00252. The summed E-state index contributed by atoms with van der Waals surface area (Å²) in [4.78, 5) is 5.11. The van der Waals surface area contributed by atoms with Crippen molar-refractivity contribution >= 4 is 78.0 Å². The second-order valence-corrected chi connectivity index (χ2v) is 20.0. The number of rotatable bonds is 2. The lowest BCUT2D eigenvalue weighted by Gasteiger charge is -2.44.